The Morgan fingerprint density at radius 2 is 1.75 bits per heavy atom. The Hall–Kier alpha value is -3.00. The topological polar surface area (TPSA) is 106 Å². The lowest BCUT2D eigenvalue weighted by Crippen LogP contribution is -2.50. The monoisotopic (exact) mass is 471 g/mol. The first-order valence-corrected chi connectivity index (χ1v) is 11.1. The summed E-state index contributed by atoms with van der Waals surface area (Å²) in [6.07, 6.45) is -3.38. The predicted molar refractivity (Wildman–Crippen MR) is 105 cm³/mol. The molecule has 32 heavy (non-hydrogen) atoms. The molecule has 4 heterocycles. The Bertz CT molecular complexity index is 1310. The first kappa shape index (κ1) is 22.2. The van der Waals surface area contributed by atoms with Gasteiger partial charge in [0.1, 0.15) is 10.6 Å². The van der Waals surface area contributed by atoms with E-state index in [2.05, 4.69) is 15.2 Å². The van der Waals surface area contributed by atoms with Gasteiger partial charge in [0.2, 0.25) is 10.0 Å². The highest BCUT2D eigenvalue weighted by Crippen LogP contribution is 2.30. The number of carbonyl (C=O) groups excluding carboxylic acids is 1. The van der Waals surface area contributed by atoms with Gasteiger partial charge in [-0.05, 0) is 19.9 Å². The van der Waals surface area contributed by atoms with Gasteiger partial charge < -0.3 is 4.90 Å². The van der Waals surface area contributed by atoms with Gasteiger partial charge in [-0.15, -0.1) is 0 Å². The second-order valence-corrected chi connectivity index (χ2v) is 9.40. The molecule has 0 spiro atoms. The van der Waals surface area contributed by atoms with Gasteiger partial charge in [-0.25, -0.2) is 17.9 Å². The third-order valence-electron chi connectivity index (χ3n) is 5.40. The average Bonchev–Trinajstić information content (AvgIpc) is 3.29. The molecule has 0 N–H and O–H groups in total. The second-order valence-electron chi connectivity index (χ2n) is 7.49. The Balaban J connectivity index is 1.54. The number of hydrogen-bond acceptors (Lipinski definition) is 6. The molecule has 4 rings (SSSR count). The predicted octanol–water partition coefficient (Wildman–Crippen LogP) is 1.25. The SMILES string of the molecule is Cc1cc(C(F)(F)F)n2nc(C(=O)N3CCN(S(=O)(=O)c4cnn(C)c4C)CC3)cc2n1. The van der Waals surface area contributed by atoms with Gasteiger partial charge in [-0.3, -0.25) is 9.48 Å². The third kappa shape index (κ3) is 3.72. The molecule has 1 fully saturated rings. The number of amides is 1. The van der Waals surface area contributed by atoms with Crippen molar-refractivity contribution in [1.82, 2.24) is 33.6 Å². The minimum Gasteiger partial charge on any atom is -0.335 e. The lowest BCUT2D eigenvalue weighted by molar-refractivity contribution is -0.142. The van der Waals surface area contributed by atoms with Crippen molar-refractivity contribution in [2.75, 3.05) is 26.2 Å². The zero-order chi connectivity index (χ0) is 23.4. The van der Waals surface area contributed by atoms with E-state index in [4.69, 9.17) is 0 Å². The number of piperazine rings is 1. The molecule has 3 aromatic heterocycles. The van der Waals surface area contributed by atoms with Gasteiger partial charge in [0, 0.05) is 45.0 Å². The van der Waals surface area contributed by atoms with Crippen LogP contribution in [0.2, 0.25) is 0 Å². The molecule has 0 saturated carbocycles. The summed E-state index contributed by atoms with van der Waals surface area (Å²) in [6, 6.07) is 2.06. The number of nitrogens with zero attached hydrogens (tertiary/aromatic N) is 7. The van der Waals surface area contributed by atoms with E-state index < -0.39 is 27.8 Å². The first-order valence-electron chi connectivity index (χ1n) is 9.62. The molecular formula is C18H20F3N7O3S. The number of hydrogen-bond donors (Lipinski definition) is 0. The number of aryl methyl sites for hydroxylation is 2. The molecule has 0 unspecified atom stereocenters. The molecule has 14 heteroatoms. The van der Waals surface area contributed by atoms with Crippen molar-refractivity contribution < 1.29 is 26.4 Å². The minimum absolute atomic E-state index is 0.0426. The van der Waals surface area contributed by atoms with E-state index in [1.807, 2.05) is 0 Å². The fraction of sp³-hybridized carbons (Fsp3) is 0.444. The number of halogens is 3. The minimum atomic E-state index is -4.66. The van der Waals surface area contributed by atoms with Crippen LogP contribution >= 0.6 is 0 Å². The molecule has 0 aromatic carbocycles. The lowest BCUT2D eigenvalue weighted by Gasteiger charge is -2.33. The van der Waals surface area contributed by atoms with Crippen molar-refractivity contribution in [2.24, 2.45) is 7.05 Å². The summed E-state index contributed by atoms with van der Waals surface area (Å²) < 4.78 is 69.1. The summed E-state index contributed by atoms with van der Waals surface area (Å²) in [5.74, 6) is -0.587. The quantitative estimate of drug-likeness (QED) is 0.569. The van der Waals surface area contributed by atoms with Crippen LogP contribution in [0.3, 0.4) is 0 Å². The number of aromatic nitrogens is 5. The Morgan fingerprint density at radius 3 is 2.31 bits per heavy atom. The fourth-order valence-electron chi connectivity index (χ4n) is 3.57. The van der Waals surface area contributed by atoms with Crippen LogP contribution in [0.4, 0.5) is 13.2 Å². The molecule has 1 amide bonds. The molecule has 1 aliphatic heterocycles. The van der Waals surface area contributed by atoms with Gasteiger partial charge in [0.25, 0.3) is 5.91 Å². The molecule has 0 radical (unpaired) electrons. The molecule has 0 atom stereocenters. The highest BCUT2D eigenvalue weighted by atomic mass is 32.2. The van der Waals surface area contributed by atoms with Crippen molar-refractivity contribution >= 4 is 21.6 Å². The zero-order valence-corrected chi connectivity index (χ0v) is 18.3. The molecule has 10 nitrogen and oxygen atoms in total. The van der Waals surface area contributed by atoms with E-state index in [9.17, 15) is 26.4 Å². The van der Waals surface area contributed by atoms with Crippen molar-refractivity contribution in [3.05, 3.63) is 41.1 Å². The van der Waals surface area contributed by atoms with E-state index in [0.717, 1.165) is 6.07 Å². The second kappa shape index (κ2) is 7.55. The summed E-state index contributed by atoms with van der Waals surface area (Å²) in [4.78, 5) is 18.3. The van der Waals surface area contributed by atoms with E-state index >= 15 is 0 Å². The number of alkyl halides is 3. The van der Waals surface area contributed by atoms with Crippen molar-refractivity contribution in [3.8, 4) is 0 Å². The van der Waals surface area contributed by atoms with E-state index in [1.165, 1.54) is 33.1 Å². The molecule has 0 aliphatic carbocycles. The Labute approximate surface area is 181 Å². The summed E-state index contributed by atoms with van der Waals surface area (Å²) in [7, 11) is -2.14. The number of rotatable bonds is 3. The van der Waals surface area contributed by atoms with Crippen LogP contribution in [0.25, 0.3) is 5.65 Å². The molecule has 3 aromatic rings. The number of carbonyl (C=O) groups is 1. The Kier molecular flexibility index (Phi) is 5.24. The van der Waals surface area contributed by atoms with Gasteiger partial charge in [0.05, 0.1) is 11.9 Å². The van der Waals surface area contributed by atoms with E-state index in [1.54, 1.807) is 14.0 Å². The van der Waals surface area contributed by atoms with Crippen LogP contribution in [0.1, 0.15) is 27.6 Å². The van der Waals surface area contributed by atoms with Crippen LogP contribution in [-0.4, -0.2) is 74.1 Å². The number of fused-ring (bicyclic) bond motifs is 1. The van der Waals surface area contributed by atoms with Crippen LogP contribution in [0.15, 0.2) is 23.2 Å². The van der Waals surface area contributed by atoms with Gasteiger partial charge >= 0.3 is 6.18 Å². The zero-order valence-electron chi connectivity index (χ0n) is 17.5. The largest absolute Gasteiger partial charge is 0.433 e. The Morgan fingerprint density at radius 1 is 1.09 bits per heavy atom. The molecule has 172 valence electrons. The smallest absolute Gasteiger partial charge is 0.335 e. The number of sulfonamides is 1. The van der Waals surface area contributed by atoms with Gasteiger partial charge in [-0.1, -0.05) is 0 Å². The summed E-state index contributed by atoms with van der Waals surface area (Å²) in [6.45, 7) is 3.30. The summed E-state index contributed by atoms with van der Waals surface area (Å²) >= 11 is 0. The van der Waals surface area contributed by atoms with Crippen LogP contribution in [0, 0.1) is 13.8 Å². The van der Waals surface area contributed by atoms with Crippen LogP contribution in [0.5, 0.6) is 0 Å². The lowest BCUT2D eigenvalue weighted by atomic mass is 10.3. The maximum absolute atomic E-state index is 13.3. The maximum Gasteiger partial charge on any atom is 0.433 e. The standard InChI is InChI=1S/C18H20F3N7O3S/c1-11-8-15(18(19,20)21)28-16(23-11)9-13(24-28)17(29)26-4-6-27(7-5-26)32(30,31)14-10-22-25(3)12(14)2/h8-10H,4-7H2,1-3H3. The van der Waals surface area contributed by atoms with Crippen molar-refractivity contribution in [2.45, 2.75) is 24.9 Å². The van der Waals surface area contributed by atoms with Crippen LogP contribution < -0.4 is 0 Å². The molecule has 0 bridgehead atoms. The summed E-state index contributed by atoms with van der Waals surface area (Å²) in [5, 5.41) is 7.79. The fourth-order valence-corrected chi connectivity index (χ4v) is 5.18. The highest BCUT2D eigenvalue weighted by Gasteiger charge is 2.36. The third-order valence-corrected chi connectivity index (χ3v) is 7.40. The van der Waals surface area contributed by atoms with E-state index in [-0.39, 0.29) is 48.1 Å². The molecule has 1 aliphatic rings. The molecular weight excluding hydrogens is 451 g/mol. The van der Waals surface area contributed by atoms with Crippen molar-refractivity contribution in [1.29, 1.82) is 0 Å². The first-order chi connectivity index (χ1) is 14.9. The van der Waals surface area contributed by atoms with Crippen molar-refractivity contribution in [3.63, 3.8) is 0 Å². The molecule has 1 saturated heterocycles. The maximum atomic E-state index is 13.3. The highest BCUT2D eigenvalue weighted by molar-refractivity contribution is 7.89. The van der Waals surface area contributed by atoms with Gasteiger partial charge in [0.15, 0.2) is 11.3 Å². The van der Waals surface area contributed by atoms with E-state index in [0.29, 0.717) is 10.2 Å². The summed E-state index contributed by atoms with van der Waals surface area (Å²) in [5.41, 5.74) is -0.659. The normalized spacial score (nSPS) is 16.1. The van der Waals surface area contributed by atoms with Gasteiger partial charge in [-0.2, -0.15) is 27.7 Å². The average molecular weight is 471 g/mol. The van der Waals surface area contributed by atoms with Crippen LogP contribution in [-0.2, 0) is 23.2 Å².